The van der Waals surface area contributed by atoms with Crippen LogP contribution in [0.2, 0.25) is 0 Å². The highest BCUT2D eigenvalue weighted by Gasteiger charge is 2.31. The fourth-order valence-electron chi connectivity index (χ4n) is 3.13. The monoisotopic (exact) mass is 373 g/mol. The highest BCUT2D eigenvalue weighted by molar-refractivity contribution is 7.90. The first-order valence-electron chi connectivity index (χ1n) is 8.59. The first-order chi connectivity index (χ1) is 12.2. The minimum absolute atomic E-state index is 0.0416. The Hall–Kier alpha value is -2.34. The molecule has 1 N–H and O–H groups in total. The molecule has 0 spiro atoms. The van der Waals surface area contributed by atoms with Gasteiger partial charge in [0.1, 0.15) is 11.9 Å². The van der Waals surface area contributed by atoms with Crippen molar-refractivity contribution in [1.82, 2.24) is 5.32 Å². The predicted molar refractivity (Wildman–Crippen MR) is 100 cm³/mol. The van der Waals surface area contributed by atoms with E-state index in [1.165, 1.54) is 6.26 Å². The number of nitrogens with one attached hydrogen (secondary N) is 1. The second-order valence-corrected chi connectivity index (χ2v) is 8.89. The average Bonchev–Trinajstić information content (AvgIpc) is 2.88. The largest absolute Gasteiger partial charge is 0.489 e. The fourth-order valence-corrected chi connectivity index (χ4v) is 3.76. The minimum atomic E-state index is -3.23. The maximum absolute atomic E-state index is 12.7. The Bertz CT molecular complexity index is 935. The van der Waals surface area contributed by atoms with Crippen LogP contribution in [0.4, 0.5) is 0 Å². The normalized spacial score (nSPS) is 20.2. The number of amides is 1. The maximum atomic E-state index is 12.7. The Kier molecular flexibility index (Phi) is 4.80. The molecule has 0 fully saturated rings. The first-order valence-corrected chi connectivity index (χ1v) is 10.5. The summed E-state index contributed by atoms with van der Waals surface area (Å²) in [5.41, 5.74) is 2.41. The van der Waals surface area contributed by atoms with Gasteiger partial charge in [-0.25, -0.2) is 8.42 Å². The minimum Gasteiger partial charge on any atom is -0.489 e. The molecule has 3 atom stereocenters. The average molecular weight is 373 g/mol. The Morgan fingerprint density at radius 1 is 1.12 bits per heavy atom. The Balaban J connectivity index is 1.79. The van der Waals surface area contributed by atoms with Crippen LogP contribution < -0.4 is 10.1 Å². The summed E-state index contributed by atoms with van der Waals surface area (Å²) in [6.07, 6.45) is 1.21. The molecule has 2 aromatic carbocycles. The van der Waals surface area contributed by atoms with E-state index in [0.717, 1.165) is 11.1 Å². The molecule has 3 rings (SSSR count). The van der Waals surface area contributed by atoms with Crippen LogP contribution in [0.3, 0.4) is 0 Å². The summed E-state index contributed by atoms with van der Waals surface area (Å²) < 4.78 is 29.0. The van der Waals surface area contributed by atoms with Crippen LogP contribution in [0.25, 0.3) is 0 Å². The van der Waals surface area contributed by atoms with Gasteiger partial charge >= 0.3 is 0 Å². The van der Waals surface area contributed by atoms with E-state index >= 15 is 0 Å². The van der Waals surface area contributed by atoms with Crippen molar-refractivity contribution in [3.8, 4) is 5.75 Å². The van der Waals surface area contributed by atoms with Gasteiger partial charge in [0.15, 0.2) is 9.84 Å². The van der Waals surface area contributed by atoms with Crippen LogP contribution in [0.1, 0.15) is 54.2 Å². The summed E-state index contributed by atoms with van der Waals surface area (Å²) in [6, 6.07) is 11.9. The van der Waals surface area contributed by atoms with Gasteiger partial charge in [-0.15, -0.1) is 0 Å². The highest BCUT2D eigenvalue weighted by atomic mass is 32.2. The zero-order chi connectivity index (χ0) is 19.1. The van der Waals surface area contributed by atoms with Crippen molar-refractivity contribution in [2.45, 2.75) is 43.7 Å². The van der Waals surface area contributed by atoms with E-state index in [0.29, 0.717) is 11.3 Å². The third-order valence-corrected chi connectivity index (χ3v) is 6.07. The van der Waals surface area contributed by atoms with Crippen molar-refractivity contribution >= 4 is 15.7 Å². The molecule has 1 aliphatic heterocycles. The highest BCUT2D eigenvalue weighted by Crippen LogP contribution is 2.40. The van der Waals surface area contributed by atoms with Gasteiger partial charge in [-0.05, 0) is 37.6 Å². The van der Waals surface area contributed by atoms with Gasteiger partial charge in [0, 0.05) is 17.7 Å². The molecular weight excluding hydrogens is 350 g/mol. The molecule has 1 heterocycles. The van der Waals surface area contributed by atoms with E-state index in [4.69, 9.17) is 4.74 Å². The van der Waals surface area contributed by atoms with Crippen molar-refractivity contribution < 1.29 is 17.9 Å². The molecule has 0 aliphatic carbocycles. The molecule has 6 heteroatoms. The zero-order valence-corrected chi connectivity index (χ0v) is 16.1. The van der Waals surface area contributed by atoms with Gasteiger partial charge in [-0.2, -0.15) is 0 Å². The molecule has 2 aromatic rings. The number of sulfone groups is 1. The lowest BCUT2D eigenvalue weighted by Crippen LogP contribution is -2.27. The second-order valence-electron chi connectivity index (χ2n) is 6.87. The molecule has 5 nitrogen and oxygen atoms in total. The summed E-state index contributed by atoms with van der Waals surface area (Å²) in [5.74, 6) is 0.700. The maximum Gasteiger partial charge on any atom is 0.255 e. The second kappa shape index (κ2) is 6.76. The van der Waals surface area contributed by atoms with Crippen LogP contribution in [-0.2, 0) is 9.84 Å². The molecule has 0 saturated carbocycles. The van der Waals surface area contributed by atoms with E-state index < -0.39 is 9.84 Å². The molecule has 0 saturated heterocycles. The van der Waals surface area contributed by atoms with Gasteiger partial charge < -0.3 is 10.1 Å². The van der Waals surface area contributed by atoms with E-state index in [-0.39, 0.29) is 28.9 Å². The van der Waals surface area contributed by atoms with E-state index in [1.54, 1.807) is 30.3 Å². The number of carbonyl (C=O) groups excluding carboxylic acids is 1. The zero-order valence-electron chi connectivity index (χ0n) is 15.3. The molecule has 3 unspecified atom stereocenters. The van der Waals surface area contributed by atoms with Crippen molar-refractivity contribution in [3.05, 3.63) is 59.2 Å². The van der Waals surface area contributed by atoms with Crippen molar-refractivity contribution in [3.63, 3.8) is 0 Å². The molecule has 0 radical (unpaired) electrons. The van der Waals surface area contributed by atoms with Crippen LogP contribution in [0.5, 0.6) is 5.75 Å². The topological polar surface area (TPSA) is 72.5 Å². The molecule has 26 heavy (non-hydrogen) atoms. The van der Waals surface area contributed by atoms with Crippen molar-refractivity contribution in [2.75, 3.05) is 6.26 Å². The Morgan fingerprint density at radius 3 is 2.38 bits per heavy atom. The molecule has 1 aliphatic rings. The lowest BCUT2D eigenvalue weighted by Gasteiger charge is -2.16. The number of ether oxygens (including phenoxy) is 1. The Labute approximate surface area is 154 Å². The van der Waals surface area contributed by atoms with Gasteiger partial charge in [-0.3, -0.25) is 4.79 Å². The van der Waals surface area contributed by atoms with Gasteiger partial charge in [0.05, 0.1) is 16.5 Å². The first kappa shape index (κ1) is 18.5. The number of carbonyl (C=O) groups is 1. The van der Waals surface area contributed by atoms with Crippen molar-refractivity contribution in [2.24, 2.45) is 0 Å². The predicted octanol–water partition coefficient (Wildman–Crippen LogP) is 3.47. The summed E-state index contributed by atoms with van der Waals surface area (Å²) in [6.45, 7) is 5.95. The number of rotatable bonds is 4. The fraction of sp³-hybridized carbons (Fsp3) is 0.350. The van der Waals surface area contributed by atoms with Crippen LogP contribution in [0, 0.1) is 0 Å². The molecule has 0 bridgehead atoms. The van der Waals surface area contributed by atoms with Crippen LogP contribution in [0.15, 0.2) is 47.4 Å². The Morgan fingerprint density at radius 2 is 1.77 bits per heavy atom. The third-order valence-electron chi connectivity index (χ3n) is 4.94. The summed E-state index contributed by atoms with van der Waals surface area (Å²) in [5, 5.41) is 2.96. The number of hydrogen-bond acceptors (Lipinski definition) is 4. The standard InChI is InChI=1S/C20H23NO4S/c1-12-14(3)25-19-17(12)6-5-7-18(19)20(22)21-13(2)15-8-10-16(11-9-15)26(4,23)24/h5-14H,1-4H3,(H,21,22). The molecule has 0 aromatic heterocycles. The lowest BCUT2D eigenvalue weighted by atomic mass is 9.96. The van der Waals surface area contributed by atoms with E-state index in [1.807, 2.05) is 26.0 Å². The number of fused-ring (bicyclic) bond motifs is 1. The summed E-state index contributed by atoms with van der Waals surface area (Å²) in [7, 11) is -3.23. The third kappa shape index (κ3) is 3.46. The van der Waals surface area contributed by atoms with Gasteiger partial charge in [0.2, 0.25) is 0 Å². The number of hydrogen-bond donors (Lipinski definition) is 1. The summed E-state index contributed by atoms with van der Waals surface area (Å²) >= 11 is 0. The van der Waals surface area contributed by atoms with Gasteiger partial charge in [-0.1, -0.05) is 31.2 Å². The molecule has 1 amide bonds. The quantitative estimate of drug-likeness (QED) is 0.891. The molecule has 138 valence electrons. The van der Waals surface area contributed by atoms with Crippen molar-refractivity contribution in [1.29, 1.82) is 0 Å². The number of benzene rings is 2. The van der Waals surface area contributed by atoms with E-state index in [2.05, 4.69) is 12.2 Å². The SMILES string of the molecule is CC(NC(=O)c1cccc2c1OC(C)C2C)c1ccc(S(C)(=O)=O)cc1. The molecular formula is C20H23NO4S. The smallest absolute Gasteiger partial charge is 0.255 e. The lowest BCUT2D eigenvalue weighted by molar-refractivity contribution is 0.0935. The van der Waals surface area contributed by atoms with Crippen LogP contribution in [-0.4, -0.2) is 26.7 Å². The van der Waals surface area contributed by atoms with E-state index in [9.17, 15) is 13.2 Å². The van der Waals surface area contributed by atoms with Gasteiger partial charge in [0.25, 0.3) is 5.91 Å². The van der Waals surface area contributed by atoms with Crippen LogP contribution >= 0.6 is 0 Å². The summed E-state index contributed by atoms with van der Waals surface area (Å²) in [4.78, 5) is 13.0. The number of para-hydroxylation sites is 1.